The average Bonchev–Trinajstić information content (AvgIpc) is 3.11. The van der Waals surface area contributed by atoms with Crippen molar-refractivity contribution in [1.29, 1.82) is 0 Å². The molecule has 0 aliphatic heterocycles. The first kappa shape index (κ1) is 15.4. The number of nitrogens with zero attached hydrogens (tertiary/aromatic N) is 2. The third kappa shape index (κ3) is 4.23. The molecule has 0 amide bonds. The van der Waals surface area contributed by atoms with E-state index in [-0.39, 0.29) is 0 Å². The van der Waals surface area contributed by atoms with Crippen LogP contribution in [0.25, 0.3) is 11.5 Å². The normalized spacial score (nSPS) is 10.5. The van der Waals surface area contributed by atoms with Crippen LogP contribution in [0.1, 0.15) is 6.42 Å². The smallest absolute Gasteiger partial charge is 0.251 e. The fourth-order valence-electron chi connectivity index (χ4n) is 2.02. The van der Waals surface area contributed by atoms with Crippen LogP contribution in [0.15, 0.2) is 59.3 Å². The number of hydrogen-bond acceptors (Lipinski definition) is 5. The molecule has 2 aromatic carbocycles. The van der Waals surface area contributed by atoms with Gasteiger partial charge in [0.2, 0.25) is 6.39 Å². The molecular formula is C17H15ClN2O3. The van der Waals surface area contributed by atoms with E-state index in [0.717, 1.165) is 17.7 Å². The average molecular weight is 331 g/mol. The van der Waals surface area contributed by atoms with Crippen molar-refractivity contribution in [2.75, 3.05) is 13.2 Å². The summed E-state index contributed by atoms with van der Waals surface area (Å²) in [5.41, 5.74) is 0.781. The molecular weight excluding hydrogens is 316 g/mol. The maximum Gasteiger partial charge on any atom is 0.251 e. The first-order chi connectivity index (χ1) is 11.3. The Morgan fingerprint density at radius 3 is 2.52 bits per heavy atom. The van der Waals surface area contributed by atoms with E-state index in [9.17, 15) is 0 Å². The first-order valence-electron chi connectivity index (χ1n) is 7.19. The predicted octanol–water partition coefficient (Wildman–Crippen LogP) is 4.24. The van der Waals surface area contributed by atoms with Gasteiger partial charge in [-0.2, -0.15) is 0 Å². The first-order valence-corrected chi connectivity index (χ1v) is 7.57. The van der Waals surface area contributed by atoms with E-state index >= 15 is 0 Å². The van der Waals surface area contributed by atoms with Crippen LogP contribution in [0.5, 0.6) is 11.5 Å². The van der Waals surface area contributed by atoms with E-state index in [4.69, 9.17) is 25.5 Å². The van der Waals surface area contributed by atoms with Gasteiger partial charge in [0, 0.05) is 11.4 Å². The Kier molecular flexibility index (Phi) is 5.11. The lowest BCUT2D eigenvalue weighted by Gasteiger charge is -2.10. The van der Waals surface area contributed by atoms with Gasteiger partial charge in [-0.15, -0.1) is 10.2 Å². The van der Waals surface area contributed by atoms with Gasteiger partial charge in [0.15, 0.2) is 0 Å². The van der Waals surface area contributed by atoms with Crippen LogP contribution in [0.3, 0.4) is 0 Å². The van der Waals surface area contributed by atoms with Crippen molar-refractivity contribution in [3.63, 3.8) is 0 Å². The molecule has 6 heteroatoms. The molecule has 0 aliphatic carbocycles. The van der Waals surface area contributed by atoms with Gasteiger partial charge in [-0.25, -0.2) is 0 Å². The molecule has 0 bridgehead atoms. The zero-order valence-corrected chi connectivity index (χ0v) is 13.1. The van der Waals surface area contributed by atoms with Crippen molar-refractivity contribution < 1.29 is 13.9 Å². The molecule has 1 heterocycles. The Balaban J connectivity index is 1.49. The topological polar surface area (TPSA) is 57.4 Å². The van der Waals surface area contributed by atoms with Gasteiger partial charge >= 0.3 is 0 Å². The number of para-hydroxylation sites is 1. The minimum atomic E-state index is 0.443. The Bertz CT molecular complexity index is 730. The molecule has 0 fully saturated rings. The molecule has 1 aromatic heterocycles. The van der Waals surface area contributed by atoms with Crippen LogP contribution in [-0.2, 0) is 0 Å². The van der Waals surface area contributed by atoms with Gasteiger partial charge < -0.3 is 13.9 Å². The van der Waals surface area contributed by atoms with Crippen LogP contribution in [0.2, 0.25) is 5.02 Å². The van der Waals surface area contributed by atoms with Gasteiger partial charge in [0.25, 0.3) is 5.89 Å². The molecule has 3 rings (SSSR count). The molecule has 0 N–H and O–H groups in total. The number of halogens is 1. The largest absolute Gasteiger partial charge is 0.493 e. The summed E-state index contributed by atoms with van der Waals surface area (Å²) >= 11 is 5.83. The fourth-order valence-corrected chi connectivity index (χ4v) is 2.15. The van der Waals surface area contributed by atoms with Gasteiger partial charge in [0.1, 0.15) is 11.5 Å². The highest BCUT2D eigenvalue weighted by Crippen LogP contribution is 2.28. The third-order valence-electron chi connectivity index (χ3n) is 3.11. The molecule has 0 atom stereocenters. The van der Waals surface area contributed by atoms with Crippen molar-refractivity contribution in [2.45, 2.75) is 6.42 Å². The molecule has 0 saturated heterocycles. The summed E-state index contributed by atoms with van der Waals surface area (Å²) in [6.07, 6.45) is 2.05. The molecule has 3 aromatic rings. The number of benzene rings is 2. The van der Waals surface area contributed by atoms with Gasteiger partial charge in [-0.3, -0.25) is 0 Å². The summed E-state index contributed by atoms with van der Waals surface area (Å²) in [5, 5.41) is 8.29. The Labute approximate surface area is 138 Å². The van der Waals surface area contributed by atoms with E-state index in [2.05, 4.69) is 10.2 Å². The molecule has 0 aliphatic rings. The molecule has 0 spiro atoms. The second-order valence-corrected chi connectivity index (χ2v) is 5.18. The predicted molar refractivity (Wildman–Crippen MR) is 86.8 cm³/mol. The Hall–Kier alpha value is -2.53. The van der Waals surface area contributed by atoms with E-state index in [0.29, 0.717) is 29.9 Å². The molecule has 0 radical (unpaired) electrons. The Morgan fingerprint density at radius 1 is 0.957 bits per heavy atom. The van der Waals surface area contributed by atoms with Crippen LogP contribution in [0, 0.1) is 0 Å². The summed E-state index contributed by atoms with van der Waals surface area (Å²) < 4.78 is 16.6. The van der Waals surface area contributed by atoms with Crippen molar-refractivity contribution in [2.24, 2.45) is 0 Å². The SMILES string of the molecule is Clc1ccc(OCCCOc2ccccc2-c2nnco2)cc1. The van der Waals surface area contributed by atoms with Crippen molar-refractivity contribution in [3.8, 4) is 23.0 Å². The number of rotatable bonds is 7. The molecule has 23 heavy (non-hydrogen) atoms. The zero-order valence-electron chi connectivity index (χ0n) is 12.3. The monoisotopic (exact) mass is 330 g/mol. The lowest BCUT2D eigenvalue weighted by Crippen LogP contribution is -2.05. The molecule has 0 unspecified atom stereocenters. The van der Waals surface area contributed by atoms with E-state index in [1.807, 2.05) is 36.4 Å². The van der Waals surface area contributed by atoms with Crippen LogP contribution >= 0.6 is 11.6 Å². The lowest BCUT2D eigenvalue weighted by molar-refractivity contribution is 0.248. The van der Waals surface area contributed by atoms with Crippen molar-refractivity contribution >= 4 is 11.6 Å². The van der Waals surface area contributed by atoms with E-state index < -0.39 is 0 Å². The van der Waals surface area contributed by atoms with Crippen molar-refractivity contribution in [1.82, 2.24) is 10.2 Å². The second kappa shape index (κ2) is 7.65. The van der Waals surface area contributed by atoms with E-state index in [1.165, 1.54) is 6.39 Å². The minimum absolute atomic E-state index is 0.443. The van der Waals surface area contributed by atoms with E-state index in [1.54, 1.807) is 12.1 Å². The summed E-state index contributed by atoms with van der Waals surface area (Å²) in [4.78, 5) is 0. The highest BCUT2D eigenvalue weighted by Gasteiger charge is 2.10. The molecule has 5 nitrogen and oxygen atoms in total. The van der Waals surface area contributed by atoms with Gasteiger partial charge in [-0.05, 0) is 36.4 Å². The summed E-state index contributed by atoms with van der Waals surface area (Å²) in [6, 6.07) is 14.8. The number of aromatic nitrogens is 2. The molecule has 0 saturated carbocycles. The second-order valence-electron chi connectivity index (χ2n) is 4.74. The van der Waals surface area contributed by atoms with Gasteiger partial charge in [0.05, 0.1) is 18.8 Å². The van der Waals surface area contributed by atoms with Crippen molar-refractivity contribution in [3.05, 3.63) is 59.9 Å². The number of ether oxygens (including phenoxy) is 2. The maximum atomic E-state index is 5.83. The third-order valence-corrected chi connectivity index (χ3v) is 3.36. The minimum Gasteiger partial charge on any atom is -0.493 e. The highest BCUT2D eigenvalue weighted by atomic mass is 35.5. The summed E-state index contributed by atoms with van der Waals surface area (Å²) in [5.74, 6) is 1.95. The maximum absolute atomic E-state index is 5.83. The zero-order chi connectivity index (χ0) is 15.9. The summed E-state index contributed by atoms with van der Waals surface area (Å²) in [6.45, 7) is 1.09. The quantitative estimate of drug-likeness (QED) is 0.606. The van der Waals surface area contributed by atoms with Gasteiger partial charge in [-0.1, -0.05) is 23.7 Å². The Morgan fingerprint density at radius 2 is 1.74 bits per heavy atom. The van der Waals surface area contributed by atoms with Crippen LogP contribution < -0.4 is 9.47 Å². The van der Waals surface area contributed by atoms with Crippen LogP contribution in [0.4, 0.5) is 0 Å². The fraction of sp³-hybridized carbons (Fsp3) is 0.176. The molecule has 118 valence electrons. The van der Waals surface area contributed by atoms with Crippen LogP contribution in [-0.4, -0.2) is 23.4 Å². The number of hydrogen-bond donors (Lipinski definition) is 0. The standard InChI is InChI=1S/C17H15ClN2O3/c18-13-6-8-14(9-7-13)21-10-3-11-22-16-5-2-1-4-15(16)17-20-19-12-23-17/h1-2,4-9,12H,3,10-11H2. The lowest BCUT2D eigenvalue weighted by atomic mass is 10.2. The summed E-state index contributed by atoms with van der Waals surface area (Å²) in [7, 11) is 0. The highest BCUT2D eigenvalue weighted by molar-refractivity contribution is 6.30.